The second-order valence-electron chi connectivity index (χ2n) is 3.84. The van der Waals surface area contributed by atoms with Crippen molar-refractivity contribution >= 4 is 5.91 Å². The molecule has 0 saturated heterocycles. The molecule has 0 spiro atoms. The van der Waals surface area contributed by atoms with Crippen LogP contribution in [0, 0.1) is 5.41 Å². The van der Waals surface area contributed by atoms with Gasteiger partial charge in [-0.3, -0.25) is 4.79 Å². The van der Waals surface area contributed by atoms with E-state index < -0.39 is 36.1 Å². The molecule has 4 N–H and O–H groups in total. The molecule has 0 aromatic rings. The van der Waals surface area contributed by atoms with Crippen molar-refractivity contribution < 1.29 is 28.2 Å². The van der Waals surface area contributed by atoms with Gasteiger partial charge in [0, 0.05) is 0 Å². The number of halogens is 3. The van der Waals surface area contributed by atoms with Crippen LogP contribution >= 0.6 is 0 Å². The predicted molar refractivity (Wildman–Crippen MR) is 52.6 cm³/mol. The smallest absolute Gasteiger partial charge is 0.393 e. The third kappa shape index (κ3) is 1.85. The fraction of sp³-hybridized carbons (Fsp3) is 0.500. The number of amides is 1. The van der Waals surface area contributed by atoms with Crippen LogP contribution in [0.15, 0.2) is 24.3 Å². The summed E-state index contributed by atoms with van der Waals surface area (Å²) >= 11 is 0. The number of carbonyl (C=O) groups is 1. The average molecular weight is 251 g/mol. The minimum absolute atomic E-state index is 0.421. The molecular formula is C10H12F3NO3. The lowest BCUT2D eigenvalue weighted by atomic mass is 9.67. The van der Waals surface area contributed by atoms with Crippen molar-refractivity contribution in [2.75, 3.05) is 6.61 Å². The molecule has 1 aliphatic rings. The summed E-state index contributed by atoms with van der Waals surface area (Å²) in [6.45, 7) is -1.64. The molecular weight excluding hydrogens is 239 g/mol. The molecule has 0 radical (unpaired) electrons. The van der Waals surface area contributed by atoms with E-state index in [-0.39, 0.29) is 0 Å². The van der Waals surface area contributed by atoms with E-state index in [9.17, 15) is 23.1 Å². The number of alkyl halides is 3. The normalized spacial score (nSPS) is 27.8. The third-order valence-electron chi connectivity index (χ3n) is 2.94. The Labute approximate surface area is 95.2 Å². The highest BCUT2D eigenvalue weighted by Gasteiger charge is 2.67. The number of hydrogen-bond acceptors (Lipinski definition) is 3. The van der Waals surface area contributed by atoms with Gasteiger partial charge in [0.2, 0.25) is 11.5 Å². The molecule has 7 heteroatoms. The monoisotopic (exact) mass is 251 g/mol. The Balaban J connectivity index is 3.37. The molecule has 0 bridgehead atoms. The molecule has 0 aromatic carbocycles. The van der Waals surface area contributed by atoms with Gasteiger partial charge in [0.15, 0.2) is 0 Å². The largest absolute Gasteiger partial charge is 0.420 e. The minimum atomic E-state index is -5.17. The number of allylic oxidation sites excluding steroid dienone is 3. The Morgan fingerprint density at radius 2 is 2.00 bits per heavy atom. The molecule has 0 saturated carbocycles. The fourth-order valence-electron chi connectivity index (χ4n) is 1.80. The Kier molecular flexibility index (Phi) is 3.35. The van der Waals surface area contributed by atoms with Crippen LogP contribution in [-0.2, 0) is 4.79 Å². The fourth-order valence-corrected chi connectivity index (χ4v) is 1.80. The predicted octanol–water partition coefficient (Wildman–Crippen LogP) is 0.260. The Hall–Kier alpha value is -1.34. The Morgan fingerprint density at radius 1 is 1.41 bits per heavy atom. The van der Waals surface area contributed by atoms with E-state index in [4.69, 9.17) is 10.8 Å². The zero-order valence-corrected chi connectivity index (χ0v) is 8.74. The van der Waals surface area contributed by atoms with Crippen LogP contribution < -0.4 is 5.73 Å². The van der Waals surface area contributed by atoms with Crippen molar-refractivity contribution in [3.63, 3.8) is 0 Å². The standard InChI is InChI=1S/C10H12F3NO3/c11-10(12,13)9(17,6-15)8(7(14)16)4-2-1-3-5-8/h1-4,15,17H,5-6H2,(H2,14,16). The SMILES string of the molecule is NC(=O)C1(C(O)(CO)C(F)(F)F)C=CC=CC1. The summed E-state index contributed by atoms with van der Waals surface area (Å²) < 4.78 is 38.5. The van der Waals surface area contributed by atoms with E-state index in [0.717, 1.165) is 6.08 Å². The molecule has 4 nitrogen and oxygen atoms in total. The van der Waals surface area contributed by atoms with Crippen molar-refractivity contribution in [3.05, 3.63) is 24.3 Å². The second-order valence-corrected chi connectivity index (χ2v) is 3.84. The summed E-state index contributed by atoms with van der Waals surface area (Å²) in [5, 5.41) is 18.5. The Bertz CT molecular complexity index is 377. The van der Waals surface area contributed by atoms with Crippen LogP contribution in [0.5, 0.6) is 0 Å². The zero-order chi connectivity index (χ0) is 13.3. The summed E-state index contributed by atoms with van der Waals surface area (Å²) in [6, 6.07) is 0. The average Bonchev–Trinajstić information content (AvgIpc) is 2.27. The molecule has 17 heavy (non-hydrogen) atoms. The van der Waals surface area contributed by atoms with Gasteiger partial charge in [0.05, 0.1) is 6.61 Å². The molecule has 96 valence electrons. The van der Waals surface area contributed by atoms with Crippen molar-refractivity contribution in [1.29, 1.82) is 0 Å². The summed E-state index contributed by atoms with van der Waals surface area (Å²) in [5.41, 5.74) is -1.01. The Morgan fingerprint density at radius 3 is 2.29 bits per heavy atom. The van der Waals surface area contributed by atoms with Gasteiger partial charge in [-0.05, 0) is 6.42 Å². The second kappa shape index (κ2) is 4.15. The highest BCUT2D eigenvalue weighted by atomic mass is 19.4. The molecule has 0 fully saturated rings. The number of aliphatic hydroxyl groups is 2. The van der Waals surface area contributed by atoms with Crippen LogP contribution in [0.3, 0.4) is 0 Å². The maximum Gasteiger partial charge on any atom is 0.420 e. The third-order valence-corrected chi connectivity index (χ3v) is 2.94. The molecule has 1 amide bonds. The van der Waals surface area contributed by atoms with E-state index in [1.165, 1.54) is 18.2 Å². The summed E-state index contributed by atoms with van der Waals surface area (Å²) in [7, 11) is 0. The topological polar surface area (TPSA) is 83.6 Å². The van der Waals surface area contributed by atoms with Crippen molar-refractivity contribution in [3.8, 4) is 0 Å². The van der Waals surface area contributed by atoms with Gasteiger partial charge in [-0.15, -0.1) is 0 Å². The highest BCUT2D eigenvalue weighted by molar-refractivity contribution is 5.85. The lowest BCUT2D eigenvalue weighted by Gasteiger charge is -2.43. The lowest BCUT2D eigenvalue weighted by Crippen LogP contribution is -2.65. The van der Waals surface area contributed by atoms with Crippen LogP contribution in [0.25, 0.3) is 0 Å². The van der Waals surface area contributed by atoms with E-state index in [0.29, 0.717) is 0 Å². The van der Waals surface area contributed by atoms with Gasteiger partial charge in [-0.1, -0.05) is 24.3 Å². The van der Waals surface area contributed by atoms with Crippen LogP contribution in [0.2, 0.25) is 0 Å². The molecule has 0 heterocycles. The first kappa shape index (κ1) is 13.7. The summed E-state index contributed by atoms with van der Waals surface area (Å²) in [4.78, 5) is 11.3. The molecule has 2 unspecified atom stereocenters. The zero-order valence-electron chi connectivity index (χ0n) is 8.74. The van der Waals surface area contributed by atoms with E-state index >= 15 is 0 Å². The minimum Gasteiger partial charge on any atom is -0.393 e. The van der Waals surface area contributed by atoms with Crippen LogP contribution in [0.4, 0.5) is 13.2 Å². The maximum atomic E-state index is 12.8. The summed E-state index contributed by atoms with van der Waals surface area (Å²) in [5.74, 6) is -1.34. The highest BCUT2D eigenvalue weighted by Crippen LogP contribution is 2.47. The van der Waals surface area contributed by atoms with Gasteiger partial charge in [0.1, 0.15) is 5.41 Å². The van der Waals surface area contributed by atoms with E-state index in [1.54, 1.807) is 0 Å². The van der Waals surface area contributed by atoms with E-state index in [2.05, 4.69) is 0 Å². The van der Waals surface area contributed by atoms with Gasteiger partial charge >= 0.3 is 6.18 Å². The first-order chi connectivity index (χ1) is 7.71. The number of rotatable bonds is 3. The van der Waals surface area contributed by atoms with Crippen molar-refractivity contribution in [1.82, 2.24) is 0 Å². The maximum absolute atomic E-state index is 12.8. The number of hydrogen-bond donors (Lipinski definition) is 3. The number of nitrogens with two attached hydrogens (primary N) is 1. The lowest BCUT2D eigenvalue weighted by molar-refractivity contribution is -0.299. The quantitative estimate of drug-likeness (QED) is 0.672. The van der Waals surface area contributed by atoms with Crippen LogP contribution in [0.1, 0.15) is 6.42 Å². The summed E-state index contributed by atoms with van der Waals surface area (Å²) in [6.07, 6.45) is -0.839. The molecule has 1 rings (SSSR count). The van der Waals surface area contributed by atoms with E-state index in [1.807, 2.05) is 0 Å². The molecule has 0 aliphatic heterocycles. The van der Waals surface area contributed by atoms with Crippen LogP contribution in [-0.4, -0.2) is 34.5 Å². The molecule has 0 aromatic heterocycles. The molecule has 1 aliphatic carbocycles. The molecule has 2 atom stereocenters. The first-order valence-electron chi connectivity index (χ1n) is 4.75. The van der Waals surface area contributed by atoms with Crippen molar-refractivity contribution in [2.24, 2.45) is 11.1 Å². The first-order valence-corrected chi connectivity index (χ1v) is 4.75. The van der Waals surface area contributed by atoms with Gasteiger partial charge in [0.25, 0.3) is 0 Å². The number of carbonyl (C=O) groups excluding carboxylic acids is 1. The van der Waals surface area contributed by atoms with Crippen molar-refractivity contribution in [2.45, 2.75) is 18.2 Å². The number of aliphatic hydroxyl groups excluding tert-OH is 1. The number of primary amides is 1. The van der Waals surface area contributed by atoms with Gasteiger partial charge in [-0.2, -0.15) is 13.2 Å². The van der Waals surface area contributed by atoms with Gasteiger partial charge in [-0.25, -0.2) is 0 Å². The van der Waals surface area contributed by atoms with Gasteiger partial charge < -0.3 is 15.9 Å².